The van der Waals surface area contributed by atoms with Crippen molar-refractivity contribution in [3.05, 3.63) is 75.7 Å². The minimum absolute atomic E-state index is 0.00696. The standard InChI is InChI=1S/C23H23F3N4O3/c1-14(2)33-18-8-4-6-16(12-18)21-28-22(32)19(29-30-21)9-10-20(31)27-13-15-5-3-7-17(11-15)23(24,25)26/h3-8,11-12,14H,9-10,13H2,1-2H3,(H,27,31)(H,28,30,32). The van der Waals surface area contributed by atoms with E-state index in [9.17, 15) is 22.8 Å². The molecule has 0 aliphatic carbocycles. The maximum Gasteiger partial charge on any atom is 0.416 e. The van der Waals surface area contributed by atoms with Crippen molar-refractivity contribution in [3.8, 4) is 17.1 Å². The number of carbonyl (C=O) groups excluding carboxylic acids is 1. The molecule has 10 heteroatoms. The molecule has 1 amide bonds. The number of halogens is 3. The van der Waals surface area contributed by atoms with Gasteiger partial charge in [-0.25, -0.2) is 0 Å². The van der Waals surface area contributed by atoms with Crippen molar-refractivity contribution in [2.75, 3.05) is 0 Å². The summed E-state index contributed by atoms with van der Waals surface area (Å²) in [6, 6.07) is 11.8. The van der Waals surface area contributed by atoms with Crippen LogP contribution < -0.4 is 15.6 Å². The van der Waals surface area contributed by atoms with Crippen LogP contribution in [0.2, 0.25) is 0 Å². The zero-order chi connectivity index (χ0) is 24.0. The number of aromatic amines is 1. The number of carbonyl (C=O) groups is 1. The minimum atomic E-state index is -4.45. The summed E-state index contributed by atoms with van der Waals surface area (Å²) in [5, 5.41) is 10.5. The molecule has 0 aliphatic heterocycles. The lowest BCUT2D eigenvalue weighted by Crippen LogP contribution is -2.25. The molecule has 1 aromatic heterocycles. The van der Waals surface area contributed by atoms with Crippen molar-refractivity contribution in [3.63, 3.8) is 0 Å². The van der Waals surface area contributed by atoms with Gasteiger partial charge in [0.05, 0.1) is 11.7 Å². The number of hydrogen-bond donors (Lipinski definition) is 2. The summed E-state index contributed by atoms with van der Waals surface area (Å²) in [6.07, 6.45) is -4.48. The van der Waals surface area contributed by atoms with E-state index in [0.717, 1.165) is 12.1 Å². The lowest BCUT2D eigenvalue weighted by Gasteiger charge is -2.10. The summed E-state index contributed by atoms with van der Waals surface area (Å²) in [5.41, 5.74) is -0.215. The van der Waals surface area contributed by atoms with E-state index < -0.39 is 23.2 Å². The van der Waals surface area contributed by atoms with Gasteiger partial charge in [0.15, 0.2) is 5.82 Å². The third kappa shape index (κ3) is 6.90. The maximum absolute atomic E-state index is 12.8. The summed E-state index contributed by atoms with van der Waals surface area (Å²) >= 11 is 0. The Morgan fingerprint density at radius 2 is 1.88 bits per heavy atom. The molecule has 0 fully saturated rings. The number of aromatic nitrogens is 3. The molecule has 0 saturated heterocycles. The van der Waals surface area contributed by atoms with E-state index in [4.69, 9.17) is 4.74 Å². The number of alkyl halides is 3. The van der Waals surface area contributed by atoms with Gasteiger partial charge in [-0.05, 0) is 43.7 Å². The Hall–Kier alpha value is -3.69. The molecule has 2 N–H and O–H groups in total. The van der Waals surface area contributed by atoms with E-state index in [1.54, 1.807) is 24.3 Å². The largest absolute Gasteiger partial charge is 0.491 e. The molecule has 1 heterocycles. The molecule has 174 valence electrons. The predicted octanol–water partition coefficient (Wildman–Crippen LogP) is 3.89. The summed E-state index contributed by atoms with van der Waals surface area (Å²) in [6.45, 7) is 3.75. The van der Waals surface area contributed by atoms with Crippen LogP contribution in [0.15, 0.2) is 53.3 Å². The van der Waals surface area contributed by atoms with Crippen molar-refractivity contribution >= 4 is 5.91 Å². The molecular formula is C23H23F3N4O3. The molecule has 0 spiro atoms. The quantitative estimate of drug-likeness (QED) is 0.532. The number of hydrogen-bond acceptors (Lipinski definition) is 5. The monoisotopic (exact) mass is 460 g/mol. The first-order valence-electron chi connectivity index (χ1n) is 10.3. The molecular weight excluding hydrogens is 437 g/mol. The molecule has 0 bridgehead atoms. The first-order valence-corrected chi connectivity index (χ1v) is 10.3. The fourth-order valence-electron chi connectivity index (χ4n) is 3.02. The molecule has 0 radical (unpaired) electrons. The Bertz CT molecular complexity index is 1180. The van der Waals surface area contributed by atoms with Gasteiger partial charge in [0.1, 0.15) is 11.4 Å². The lowest BCUT2D eigenvalue weighted by molar-refractivity contribution is -0.137. The molecule has 2 aromatic carbocycles. The van der Waals surface area contributed by atoms with Crippen molar-refractivity contribution in [1.82, 2.24) is 20.5 Å². The average molecular weight is 460 g/mol. The van der Waals surface area contributed by atoms with Gasteiger partial charge in [0, 0.05) is 24.9 Å². The highest BCUT2D eigenvalue weighted by molar-refractivity contribution is 5.76. The highest BCUT2D eigenvalue weighted by Crippen LogP contribution is 2.29. The number of ether oxygens (including phenoxy) is 1. The molecule has 0 atom stereocenters. The van der Waals surface area contributed by atoms with Crippen LogP contribution in [0, 0.1) is 0 Å². The zero-order valence-electron chi connectivity index (χ0n) is 18.1. The SMILES string of the molecule is CC(C)Oc1cccc(-c2nnc(CCC(=O)NCc3cccc(C(F)(F)F)c3)c(=O)[nH]2)c1. The highest BCUT2D eigenvalue weighted by Gasteiger charge is 2.30. The second kappa shape index (κ2) is 10.3. The van der Waals surface area contributed by atoms with Gasteiger partial charge in [-0.1, -0.05) is 24.3 Å². The molecule has 3 aromatic rings. The smallest absolute Gasteiger partial charge is 0.416 e. The van der Waals surface area contributed by atoms with E-state index in [2.05, 4.69) is 20.5 Å². The fraction of sp³-hybridized carbons (Fsp3) is 0.304. The van der Waals surface area contributed by atoms with E-state index in [0.29, 0.717) is 16.9 Å². The summed E-state index contributed by atoms with van der Waals surface area (Å²) in [4.78, 5) is 27.1. The van der Waals surface area contributed by atoms with Gasteiger partial charge in [0.2, 0.25) is 5.91 Å². The molecule has 7 nitrogen and oxygen atoms in total. The van der Waals surface area contributed by atoms with Crippen LogP contribution in [0.1, 0.15) is 37.1 Å². The zero-order valence-corrected chi connectivity index (χ0v) is 18.1. The van der Waals surface area contributed by atoms with Gasteiger partial charge in [-0.15, -0.1) is 10.2 Å². The Morgan fingerprint density at radius 1 is 1.12 bits per heavy atom. The number of H-pyrrole nitrogens is 1. The van der Waals surface area contributed by atoms with Crippen molar-refractivity contribution < 1.29 is 22.7 Å². The first kappa shape index (κ1) is 24.0. The van der Waals surface area contributed by atoms with Crippen LogP contribution in [0.4, 0.5) is 13.2 Å². The molecule has 33 heavy (non-hydrogen) atoms. The van der Waals surface area contributed by atoms with Gasteiger partial charge in [-0.2, -0.15) is 13.2 Å². The van der Waals surface area contributed by atoms with Gasteiger partial charge in [-0.3, -0.25) is 9.59 Å². The fourth-order valence-corrected chi connectivity index (χ4v) is 3.02. The highest BCUT2D eigenvalue weighted by atomic mass is 19.4. The van der Waals surface area contributed by atoms with Gasteiger partial charge >= 0.3 is 6.18 Å². The van der Waals surface area contributed by atoms with E-state index >= 15 is 0 Å². The number of nitrogens with one attached hydrogen (secondary N) is 2. The number of rotatable bonds is 8. The Kier molecular flexibility index (Phi) is 7.47. The van der Waals surface area contributed by atoms with Crippen LogP contribution >= 0.6 is 0 Å². The third-order valence-electron chi connectivity index (χ3n) is 4.58. The van der Waals surface area contributed by atoms with E-state index in [1.165, 1.54) is 12.1 Å². The van der Waals surface area contributed by atoms with Crippen molar-refractivity contribution in [1.29, 1.82) is 0 Å². The van der Waals surface area contributed by atoms with Crippen molar-refractivity contribution in [2.45, 2.75) is 45.5 Å². The second-order valence-electron chi connectivity index (χ2n) is 7.62. The molecule has 0 aliphatic rings. The van der Waals surface area contributed by atoms with Crippen LogP contribution in [0.25, 0.3) is 11.4 Å². The summed E-state index contributed by atoms with van der Waals surface area (Å²) in [7, 11) is 0. The summed E-state index contributed by atoms with van der Waals surface area (Å²) < 4.78 is 44.0. The molecule has 0 unspecified atom stereocenters. The van der Waals surface area contributed by atoms with Crippen LogP contribution in [-0.4, -0.2) is 27.2 Å². The van der Waals surface area contributed by atoms with E-state index in [-0.39, 0.29) is 37.0 Å². The first-order chi connectivity index (χ1) is 15.6. The van der Waals surface area contributed by atoms with Crippen LogP contribution in [-0.2, 0) is 23.9 Å². The predicted molar refractivity (Wildman–Crippen MR) is 115 cm³/mol. The minimum Gasteiger partial charge on any atom is -0.491 e. The number of benzene rings is 2. The van der Waals surface area contributed by atoms with Gasteiger partial charge < -0.3 is 15.0 Å². The van der Waals surface area contributed by atoms with Crippen molar-refractivity contribution in [2.24, 2.45) is 0 Å². The van der Waals surface area contributed by atoms with Crippen LogP contribution in [0.5, 0.6) is 5.75 Å². The maximum atomic E-state index is 12.8. The Balaban J connectivity index is 1.58. The second-order valence-corrected chi connectivity index (χ2v) is 7.62. The lowest BCUT2D eigenvalue weighted by atomic mass is 10.1. The topological polar surface area (TPSA) is 97.0 Å². The number of nitrogens with zero attached hydrogens (tertiary/aromatic N) is 2. The molecule has 0 saturated carbocycles. The number of amides is 1. The Morgan fingerprint density at radius 3 is 2.58 bits per heavy atom. The van der Waals surface area contributed by atoms with E-state index in [1.807, 2.05) is 13.8 Å². The molecule has 3 rings (SSSR count). The van der Waals surface area contributed by atoms with Crippen LogP contribution in [0.3, 0.4) is 0 Å². The van der Waals surface area contributed by atoms with Gasteiger partial charge in [0.25, 0.3) is 5.56 Å². The number of aryl methyl sites for hydroxylation is 1. The Labute approximate surface area is 188 Å². The third-order valence-corrected chi connectivity index (χ3v) is 4.58. The normalized spacial score (nSPS) is 11.5. The summed E-state index contributed by atoms with van der Waals surface area (Å²) in [5.74, 6) is 0.481. The average Bonchev–Trinajstić information content (AvgIpc) is 2.76.